The Kier molecular flexibility index (Phi) is 20.4. The molecule has 5 unspecified atom stereocenters. The molecule has 1 aromatic carbocycles. The lowest BCUT2D eigenvalue weighted by atomic mass is 9.91. The first-order chi connectivity index (χ1) is 30.9. The molecule has 7 amide bonds. The maximum Gasteiger partial charge on any atom is 0.329 e. The Morgan fingerprint density at radius 1 is 0.833 bits per heavy atom. The molecule has 20 nitrogen and oxygen atoms in total. The Balaban J connectivity index is 2.27. The van der Waals surface area contributed by atoms with Crippen molar-refractivity contribution >= 4 is 53.3 Å². The quantitative estimate of drug-likeness (QED) is 0.115. The van der Waals surface area contributed by atoms with Crippen LogP contribution in [0.15, 0.2) is 24.3 Å². The maximum absolute atomic E-state index is 14.9. The molecule has 1 aromatic rings. The molecule has 0 aliphatic carbocycles. The Bertz CT molecular complexity index is 1910. The van der Waals surface area contributed by atoms with Crippen LogP contribution in [0.25, 0.3) is 0 Å². The summed E-state index contributed by atoms with van der Waals surface area (Å²) < 4.78 is 5.89. The van der Waals surface area contributed by atoms with Crippen molar-refractivity contribution in [1.82, 2.24) is 36.4 Å². The lowest BCUT2D eigenvalue weighted by Crippen LogP contribution is -2.66. The second-order valence-corrected chi connectivity index (χ2v) is 18.4. The van der Waals surface area contributed by atoms with E-state index in [1.807, 2.05) is 0 Å². The van der Waals surface area contributed by atoms with Gasteiger partial charge < -0.3 is 56.4 Å². The maximum atomic E-state index is 14.9. The summed E-state index contributed by atoms with van der Waals surface area (Å²) in [7, 11) is 1.37. The van der Waals surface area contributed by atoms with Crippen LogP contribution in [-0.2, 0) is 54.3 Å². The largest absolute Gasteiger partial charge is 0.508 e. The molecular weight excluding hydrogens is 859 g/mol. The molecule has 2 bridgehead atoms. The average Bonchev–Trinajstić information content (AvgIpc) is 3.25. The van der Waals surface area contributed by atoms with Crippen LogP contribution in [0.1, 0.15) is 113 Å². The second kappa shape index (κ2) is 24.7. The second-order valence-electron chi connectivity index (χ2n) is 18.4. The lowest BCUT2D eigenvalue weighted by Gasteiger charge is -2.44. The standard InChI is InChI=1S/C46H71N7O13/c1-11-25(7)36-46(65)66-27(9)37(51-40(59)30(18-20-35(56)57)47-39(58)24(5)6)43(62)49-32(21-23(3)4)41(60)48-31-17-19-34(55)53(44(31)63)38(26(8)12-2)45(64)52(10)33(42(61)50-36)22-28-13-15-29(54)16-14-28/h13-16,23-27,30-34,36-38,54-55H,11-12,17-22H2,1-10H3,(H,47,58)(H,48,60)(H,49,62)(H,50,61)(H,51,59)(H,56,57)/t25?,26?,27?,30-,31?,32-,33-,34-,36-,37-,38?/m0/s1. The van der Waals surface area contributed by atoms with Gasteiger partial charge in [0.25, 0.3) is 0 Å². The topological polar surface area (TPSA) is 290 Å². The van der Waals surface area contributed by atoms with Crippen molar-refractivity contribution in [2.75, 3.05) is 7.05 Å². The molecule has 0 spiro atoms. The van der Waals surface area contributed by atoms with Crippen LogP contribution in [0, 0.1) is 23.7 Å². The smallest absolute Gasteiger partial charge is 0.329 e. The molecule has 2 saturated heterocycles. The van der Waals surface area contributed by atoms with E-state index >= 15 is 0 Å². The number of rotatable bonds is 15. The van der Waals surface area contributed by atoms with Crippen molar-refractivity contribution < 1.29 is 63.2 Å². The number of piperidine rings is 1. The molecule has 0 radical (unpaired) electrons. The molecule has 368 valence electrons. The van der Waals surface area contributed by atoms with Crippen molar-refractivity contribution in [3.63, 3.8) is 0 Å². The zero-order valence-corrected chi connectivity index (χ0v) is 39.8. The van der Waals surface area contributed by atoms with Crippen LogP contribution in [0.2, 0.25) is 0 Å². The van der Waals surface area contributed by atoms with Gasteiger partial charge in [0, 0.05) is 25.8 Å². The summed E-state index contributed by atoms with van der Waals surface area (Å²) >= 11 is 0. The lowest BCUT2D eigenvalue weighted by molar-refractivity contribution is -0.168. The van der Waals surface area contributed by atoms with Crippen LogP contribution < -0.4 is 26.6 Å². The van der Waals surface area contributed by atoms with Gasteiger partial charge in [0.05, 0.1) is 0 Å². The van der Waals surface area contributed by atoms with Gasteiger partial charge in [-0.1, -0.05) is 80.4 Å². The van der Waals surface area contributed by atoms with Gasteiger partial charge in [0.1, 0.15) is 60.4 Å². The summed E-state index contributed by atoms with van der Waals surface area (Å²) in [6.07, 6.45) is -3.39. The number of carbonyl (C=O) groups excluding carboxylic acids is 8. The number of likely N-dealkylation sites (N-methyl/N-ethyl adjacent to an activating group) is 1. The average molecular weight is 930 g/mol. The number of carboxylic acid groups (broad SMARTS) is 1. The third-order valence-electron chi connectivity index (χ3n) is 12.4. The number of ether oxygens (including phenoxy) is 1. The Morgan fingerprint density at radius 2 is 1.45 bits per heavy atom. The van der Waals surface area contributed by atoms with E-state index in [-0.39, 0.29) is 43.8 Å². The number of aliphatic carboxylic acids is 1. The van der Waals surface area contributed by atoms with Crippen molar-refractivity contribution in [3.8, 4) is 5.75 Å². The summed E-state index contributed by atoms with van der Waals surface area (Å²) in [5.41, 5.74) is 0.519. The molecular formula is C46H71N7O13. The molecule has 2 aliphatic rings. The summed E-state index contributed by atoms with van der Waals surface area (Å²) in [6.45, 7) is 14.9. The molecule has 2 heterocycles. The molecule has 2 aliphatic heterocycles. The summed E-state index contributed by atoms with van der Waals surface area (Å²) in [6, 6.07) is -3.98. The van der Waals surface area contributed by atoms with Gasteiger partial charge in [-0.05, 0) is 68.1 Å². The fraction of sp³-hybridized carbons (Fsp3) is 0.674. The van der Waals surface area contributed by atoms with Gasteiger partial charge >= 0.3 is 11.9 Å². The summed E-state index contributed by atoms with van der Waals surface area (Å²) in [5, 5.41) is 43.9. The van der Waals surface area contributed by atoms with Gasteiger partial charge in [-0.15, -0.1) is 0 Å². The minimum atomic E-state index is -1.77. The minimum absolute atomic E-state index is 0.0225. The zero-order chi connectivity index (χ0) is 49.7. The first kappa shape index (κ1) is 54.5. The number of esters is 1. The van der Waals surface area contributed by atoms with Crippen molar-refractivity contribution in [1.29, 1.82) is 0 Å². The van der Waals surface area contributed by atoms with E-state index < -0.39 is 132 Å². The molecule has 20 heteroatoms. The number of aliphatic hydroxyl groups excluding tert-OH is 1. The number of hydrogen-bond acceptors (Lipinski definition) is 12. The number of cyclic esters (lactones) is 1. The van der Waals surface area contributed by atoms with Crippen molar-refractivity contribution in [2.24, 2.45) is 23.7 Å². The highest BCUT2D eigenvalue weighted by Gasteiger charge is 2.47. The van der Waals surface area contributed by atoms with E-state index in [2.05, 4.69) is 26.6 Å². The number of phenols is 1. The molecule has 3 rings (SSSR count). The number of phenolic OH excluding ortho intramolecular Hbond substituents is 1. The highest BCUT2D eigenvalue weighted by molar-refractivity contribution is 5.98. The molecule has 0 aromatic heterocycles. The molecule has 0 saturated carbocycles. The van der Waals surface area contributed by atoms with Gasteiger partial charge in [0.15, 0.2) is 0 Å². The van der Waals surface area contributed by atoms with E-state index in [0.717, 1.165) is 9.80 Å². The van der Waals surface area contributed by atoms with Gasteiger partial charge in [-0.2, -0.15) is 0 Å². The van der Waals surface area contributed by atoms with Gasteiger partial charge in [-0.25, -0.2) is 4.79 Å². The number of hydrogen-bond donors (Lipinski definition) is 8. The number of carbonyl (C=O) groups is 9. The first-order valence-electron chi connectivity index (χ1n) is 22.9. The Hall–Kier alpha value is -5.79. The fourth-order valence-electron chi connectivity index (χ4n) is 7.85. The number of aromatic hydroxyl groups is 1. The normalized spacial score (nSPS) is 26.4. The number of nitrogens with zero attached hydrogens (tertiary/aromatic N) is 2. The highest BCUT2D eigenvalue weighted by atomic mass is 16.5. The Labute approximate surface area is 386 Å². The van der Waals surface area contributed by atoms with Crippen LogP contribution in [0.4, 0.5) is 0 Å². The summed E-state index contributed by atoms with van der Waals surface area (Å²) in [5.74, 6) is -10.0. The molecule has 8 N–H and O–H groups in total. The number of amides is 7. The zero-order valence-electron chi connectivity index (χ0n) is 39.8. The molecule has 66 heavy (non-hydrogen) atoms. The monoisotopic (exact) mass is 930 g/mol. The third-order valence-corrected chi connectivity index (χ3v) is 12.4. The first-order valence-corrected chi connectivity index (χ1v) is 22.9. The van der Waals surface area contributed by atoms with E-state index in [4.69, 9.17) is 4.74 Å². The predicted octanol–water partition coefficient (Wildman–Crippen LogP) is 1.10. The van der Waals surface area contributed by atoms with Crippen LogP contribution in [0.3, 0.4) is 0 Å². The van der Waals surface area contributed by atoms with Crippen molar-refractivity contribution in [3.05, 3.63) is 29.8 Å². The Morgan fingerprint density at radius 3 is 2.02 bits per heavy atom. The number of carboxylic acids is 1. The predicted molar refractivity (Wildman–Crippen MR) is 240 cm³/mol. The van der Waals surface area contributed by atoms with E-state index in [0.29, 0.717) is 18.4 Å². The SMILES string of the molecule is CCC(C)C1C(=O)N(C)[C@@H](Cc2ccc(O)cc2)C(=O)N[C@@H](C(C)CC)C(=O)OC(C)[C@H](NC(=O)[C@H](CCC(=O)O)NC(=O)C(C)C)C(=O)N[C@@H](CC(C)C)C(=O)NC2CC[C@H](O)N1C2=O. The third kappa shape index (κ3) is 14.6. The number of aliphatic hydroxyl groups is 1. The number of benzene rings is 1. The van der Waals surface area contributed by atoms with Crippen LogP contribution in [0.5, 0.6) is 5.75 Å². The van der Waals surface area contributed by atoms with Crippen LogP contribution in [-0.4, -0.2) is 140 Å². The van der Waals surface area contributed by atoms with E-state index in [1.54, 1.807) is 67.5 Å². The minimum Gasteiger partial charge on any atom is -0.508 e. The summed E-state index contributed by atoms with van der Waals surface area (Å²) in [4.78, 5) is 127. The van der Waals surface area contributed by atoms with Crippen LogP contribution >= 0.6 is 0 Å². The van der Waals surface area contributed by atoms with E-state index in [1.165, 1.54) is 26.1 Å². The number of fused-ring (bicyclic) bond motifs is 2. The molecule has 2 fully saturated rings. The van der Waals surface area contributed by atoms with Gasteiger partial charge in [0.2, 0.25) is 41.4 Å². The van der Waals surface area contributed by atoms with E-state index in [9.17, 15) is 58.5 Å². The molecule has 11 atom stereocenters. The van der Waals surface area contributed by atoms with Crippen molar-refractivity contribution in [2.45, 2.75) is 168 Å². The highest BCUT2D eigenvalue weighted by Crippen LogP contribution is 2.28. The van der Waals surface area contributed by atoms with Gasteiger partial charge in [-0.3, -0.25) is 38.4 Å². The number of nitrogens with one attached hydrogen (secondary N) is 5. The fourth-order valence-corrected chi connectivity index (χ4v) is 7.85.